The number of unbranched alkanes of at least 4 members (excludes halogenated alkanes) is 6. The van der Waals surface area contributed by atoms with Gasteiger partial charge in [0.2, 0.25) is 0 Å². The maximum Gasteiger partial charge on any atom is 0.0507 e. The van der Waals surface area contributed by atoms with Crippen LogP contribution in [0.5, 0.6) is 0 Å². The van der Waals surface area contributed by atoms with Crippen LogP contribution in [0.15, 0.2) is 66.3 Å². The van der Waals surface area contributed by atoms with Crippen molar-refractivity contribution < 1.29 is 0 Å². The number of fused-ring (bicyclic) bond motifs is 3. The van der Waals surface area contributed by atoms with Crippen molar-refractivity contribution in [3.8, 4) is 11.1 Å². The second-order valence-electron chi connectivity index (χ2n) is 10.7. The first-order chi connectivity index (χ1) is 16.6. The Bertz CT molecular complexity index is 999. The highest BCUT2D eigenvalue weighted by atomic mass is 15.1. The molecule has 0 heterocycles. The lowest BCUT2D eigenvalue weighted by Gasteiger charge is -2.34. The smallest absolute Gasteiger partial charge is 0.0507 e. The van der Waals surface area contributed by atoms with Crippen LogP contribution < -0.4 is 4.90 Å². The first kappa shape index (κ1) is 24.8. The maximum atomic E-state index is 2.56. The molecule has 0 saturated carbocycles. The molecule has 2 aromatic rings. The molecule has 182 valence electrons. The minimum atomic E-state index is 0.170. The van der Waals surface area contributed by atoms with Crippen molar-refractivity contribution in [3.63, 3.8) is 0 Å². The zero-order valence-electron chi connectivity index (χ0n) is 22.1. The van der Waals surface area contributed by atoms with Gasteiger partial charge in [-0.15, -0.1) is 0 Å². The topological polar surface area (TPSA) is 3.24 Å². The molecular weight excluding hydrogens is 410 g/mol. The molecule has 0 radical (unpaired) electrons. The van der Waals surface area contributed by atoms with Crippen LogP contribution in [0.1, 0.15) is 103 Å². The molecule has 4 rings (SSSR count). The van der Waals surface area contributed by atoms with E-state index >= 15 is 0 Å². The second-order valence-corrected chi connectivity index (χ2v) is 10.7. The van der Waals surface area contributed by atoms with E-state index in [1.807, 2.05) is 0 Å². The first-order valence-electron chi connectivity index (χ1n) is 13.9. The van der Waals surface area contributed by atoms with E-state index in [1.165, 1.54) is 86.6 Å². The Kier molecular flexibility index (Phi) is 8.35. The van der Waals surface area contributed by atoms with Gasteiger partial charge in [0.25, 0.3) is 0 Å². The summed E-state index contributed by atoms with van der Waals surface area (Å²) in [6.07, 6.45) is 21.3. The van der Waals surface area contributed by atoms with Gasteiger partial charge >= 0.3 is 0 Å². The van der Waals surface area contributed by atoms with E-state index in [0.717, 1.165) is 6.42 Å². The van der Waals surface area contributed by atoms with Crippen LogP contribution in [0.3, 0.4) is 0 Å². The molecule has 0 amide bonds. The van der Waals surface area contributed by atoms with Crippen molar-refractivity contribution in [2.45, 2.75) is 103 Å². The fraction of sp³-hybridized carbons (Fsp3) is 0.515. The van der Waals surface area contributed by atoms with Crippen molar-refractivity contribution in [2.75, 3.05) is 11.9 Å². The van der Waals surface area contributed by atoms with Crippen molar-refractivity contribution in [1.82, 2.24) is 0 Å². The Morgan fingerprint density at radius 1 is 0.824 bits per heavy atom. The number of nitrogens with zero attached hydrogens (tertiary/aromatic N) is 1. The third kappa shape index (κ3) is 5.04. The van der Waals surface area contributed by atoms with E-state index in [4.69, 9.17) is 0 Å². The number of allylic oxidation sites excluding steroid dienone is 2. The molecular formula is C33H45N. The van der Waals surface area contributed by atoms with Crippen LogP contribution in [0, 0.1) is 0 Å². The van der Waals surface area contributed by atoms with E-state index in [-0.39, 0.29) is 5.41 Å². The van der Waals surface area contributed by atoms with E-state index in [9.17, 15) is 0 Å². The molecule has 0 bridgehead atoms. The zero-order chi connectivity index (χ0) is 24.0. The Balaban J connectivity index is 1.71. The van der Waals surface area contributed by atoms with Gasteiger partial charge in [-0.2, -0.15) is 0 Å². The van der Waals surface area contributed by atoms with Crippen LogP contribution in [0.25, 0.3) is 11.1 Å². The fourth-order valence-electron chi connectivity index (χ4n) is 6.23. The summed E-state index contributed by atoms with van der Waals surface area (Å²) in [6.45, 7) is 6.84. The van der Waals surface area contributed by atoms with Gasteiger partial charge in [-0.3, -0.25) is 0 Å². The molecule has 0 N–H and O–H groups in total. The molecule has 2 aromatic carbocycles. The van der Waals surface area contributed by atoms with Crippen molar-refractivity contribution >= 4 is 5.69 Å². The van der Waals surface area contributed by atoms with E-state index in [2.05, 4.69) is 93.4 Å². The molecule has 0 aliphatic heterocycles. The quantitative estimate of drug-likeness (QED) is 0.288. The van der Waals surface area contributed by atoms with Gasteiger partial charge in [0.15, 0.2) is 0 Å². The van der Waals surface area contributed by atoms with Crippen molar-refractivity contribution in [1.29, 1.82) is 0 Å². The average Bonchev–Trinajstić information content (AvgIpc) is 3.14. The van der Waals surface area contributed by atoms with E-state index in [0.29, 0.717) is 6.04 Å². The van der Waals surface area contributed by atoms with Crippen LogP contribution in [0.2, 0.25) is 0 Å². The SMILES string of the molecule is CCCCCCC1(CCCCCC)c2ccccc2-c2ccc(N(C)C3C=CC(C)=CC3)cc21. The molecule has 0 spiro atoms. The Labute approximate surface area is 209 Å². The standard InChI is InChI=1S/C33H45N/c1-5-7-9-13-23-33(24-14-10-8-6-2)31-16-12-11-15-29(31)30-22-21-28(25-32(30)33)34(4)27-19-17-26(3)18-20-27/h11-12,15-19,21-22,25,27H,5-10,13-14,20,23-24H2,1-4H3. The lowest BCUT2D eigenvalue weighted by atomic mass is 9.70. The lowest BCUT2D eigenvalue weighted by Crippen LogP contribution is -2.31. The molecule has 2 aliphatic carbocycles. The Morgan fingerprint density at radius 3 is 2.15 bits per heavy atom. The molecule has 0 fully saturated rings. The molecule has 1 atom stereocenters. The fourth-order valence-corrected chi connectivity index (χ4v) is 6.23. The predicted molar refractivity (Wildman–Crippen MR) is 150 cm³/mol. The Morgan fingerprint density at radius 2 is 1.50 bits per heavy atom. The van der Waals surface area contributed by atoms with Crippen LogP contribution in [-0.2, 0) is 5.41 Å². The molecule has 34 heavy (non-hydrogen) atoms. The molecule has 2 aliphatic rings. The van der Waals surface area contributed by atoms with Gasteiger partial charge in [-0.05, 0) is 60.6 Å². The minimum absolute atomic E-state index is 0.170. The number of rotatable bonds is 12. The highest BCUT2D eigenvalue weighted by Gasteiger charge is 2.42. The second kappa shape index (κ2) is 11.4. The van der Waals surface area contributed by atoms with Gasteiger partial charge in [0, 0.05) is 18.2 Å². The largest absolute Gasteiger partial charge is 0.368 e. The van der Waals surface area contributed by atoms with Crippen LogP contribution >= 0.6 is 0 Å². The zero-order valence-corrected chi connectivity index (χ0v) is 22.1. The highest BCUT2D eigenvalue weighted by Crippen LogP contribution is 2.55. The number of likely N-dealkylation sites (N-methyl/N-ethyl adjacent to an activating group) is 1. The number of anilines is 1. The molecule has 0 aromatic heterocycles. The summed E-state index contributed by atoms with van der Waals surface area (Å²) in [5, 5.41) is 0. The molecule has 1 heteroatoms. The van der Waals surface area contributed by atoms with E-state index in [1.54, 1.807) is 11.1 Å². The summed E-state index contributed by atoms with van der Waals surface area (Å²) in [7, 11) is 2.28. The number of hydrogen-bond acceptors (Lipinski definition) is 1. The molecule has 1 unspecified atom stereocenters. The summed E-state index contributed by atoms with van der Waals surface area (Å²) in [4.78, 5) is 2.49. The van der Waals surface area contributed by atoms with Gasteiger partial charge in [-0.1, -0.05) is 119 Å². The first-order valence-corrected chi connectivity index (χ1v) is 13.9. The lowest BCUT2D eigenvalue weighted by molar-refractivity contribution is 0.401. The van der Waals surface area contributed by atoms with Gasteiger partial charge < -0.3 is 4.90 Å². The summed E-state index contributed by atoms with van der Waals surface area (Å²) in [6, 6.07) is 17.1. The highest BCUT2D eigenvalue weighted by molar-refractivity contribution is 5.83. The summed E-state index contributed by atoms with van der Waals surface area (Å²) >= 11 is 0. The van der Waals surface area contributed by atoms with Gasteiger partial charge in [0.05, 0.1) is 6.04 Å². The average molecular weight is 456 g/mol. The van der Waals surface area contributed by atoms with Crippen molar-refractivity contribution in [3.05, 3.63) is 77.4 Å². The summed E-state index contributed by atoms with van der Waals surface area (Å²) in [5.41, 5.74) is 9.06. The summed E-state index contributed by atoms with van der Waals surface area (Å²) < 4.78 is 0. The predicted octanol–water partition coefficient (Wildman–Crippen LogP) is 9.60. The number of benzene rings is 2. The van der Waals surface area contributed by atoms with Crippen molar-refractivity contribution in [2.24, 2.45) is 0 Å². The minimum Gasteiger partial charge on any atom is -0.368 e. The Hall–Kier alpha value is -2.28. The third-order valence-electron chi connectivity index (χ3n) is 8.33. The number of hydrogen-bond donors (Lipinski definition) is 0. The monoisotopic (exact) mass is 455 g/mol. The van der Waals surface area contributed by atoms with Gasteiger partial charge in [0.1, 0.15) is 0 Å². The van der Waals surface area contributed by atoms with E-state index < -0.39 is 0 Å². The maximum absolute atomic E-state index is 2.56. The summed E-state index contributed by atoms with van der Waals surface area (Å²) in [5.74, 6) is 0. The third-order valence-corrected chi connectivity index (χ3v) is 8.33. The molecule has 1 nitrogen and oxygen atoms in total. The normalized spacial score (nSPS) is 17.9. The van der Waals surface area contributed by atoms with Crippen LogP contribution in [0.4, 0.5) is 5.69 Å². The van der Waals surface area contributed by atoms with Gasteiger partial charge in [-0.25, -0.2) is 0 Å². The van der Waals surface area contributed by atoms with Crippen LogP contribution in [-0.4, -0.2) is 13.1 Å². The molecule has 0 saturated heterocycles.